The van der Waals surface area contributed by atoms with Gasteiger partial charge in [0.15, 0.2) is 0 Å². The summed E-state index contributed by atoms with van der Waals surface area (Å²) in [5.41, 5.74) is 2.76. The number of rotatable bonds is 4. The fourth-order valence-electron chi connectivity index (χ4n) is 3.49. The van der Waals surface area contributed by atoms with Gasteiger partial charge >= 0.3 is 0 Å². The van der Waals surface area contributed by atoms with Crippen LogP contribution >= 0.6 is 0 Å². The first-order chi connectivity index (χ1) is 8.88. The average Bonchev–Trinajstić information content (AvgIpc) is 3.06. The predicted octanol–water partition coefficient (Wildman–Crippen LogP) is 3.46. The maximum atomic E-state index is 5.84. The normalized spacial score (nSPS) is 20.7. The van der Waals surface area contributed by atoms with Gasteiger partial charge in [-0.05, 0) is 24.9 Å². The molecule has 0 bridgehead atoms. The van der Waals surface area contributed by atoms with Crippen LogP contribution in [-0.4, -0.2) is 13.7 Å². The van der Waals surface area contributed by atoms with Crippen molar-refractivity contribution in [1.82, 2.24) is 5.32 Å². The Hall–Kier alpha value is -1.02. The van der Waals surface area contributed by atoms with Crippen molar-refractivity contribution in [1.29, 1.82) is 0 Å². The second-order valence-electron chi connectivity index (χ2n) is 5.66. The van der Waals surface area contributed by atoms with Crippen LogP contribution in [0.25, 0.3) is 0 Å². The van der Waals surface area contributed by atoms with Gasteiger partial charge in [-0.2, -0.15) is 0 Å². The Kier molecular flexibility index (Phi) is 3.55. The lowest BCUT2D eigenvalue weighted by atomic mass is 9.92. The van der Waals surface area contributed by atoms with Crippen molar-refractivity contribution in [3.8, 4) is 5.75 Å². The number of hydrogen-bond donors (Lipinski definition) is 1. The number of nitrogens with one attached hydrogen (secondary N) is 1. The van der Waals surface area contributed by atoms with E-state index in [1.165, 1.54) is 43.2 Å². The summed E-state index contributed by atoms with van der Waals surface area (Å²) in [5, 5.41) is 3.49. The van der Waals surface area contributed by atoms with E-state index in [0.717, 1.165) is 24.7 Å². The molecule has 0 aromatic heterocycles. The van der Waals surface area contributed by atoms with E-state index in [1.807, 2.05) is 0 Å². The topological polar surface area (TPSA) is 21.3 Å². The van der Waals surface area contributed by atoms with Gasteiger partial charge < -0.3 is 10.1 Å². The third kappa shape index (κ3) is 2.26. The molecule has 0 spiro atoms. The molecule has 1 aromatic carbocycles. The quantitative estimate of drug-likeness (QED) is 0.877. The van der Waals surface area contributed by atoms with E-state index in [2.05, 4.69) is 30.6 Å². The summed E-state index contributed by atoms with van der Waals surface area (Å²) >= 11 is 0. The number of benzene rings is 1. The van der Waals surface area contributed by atoms with Crippen molar-refractivity contribution < 1.29 is 4.74 Å². The monoisotopic (exact) mass is 245 g/mol. The Morgan fingerprint density at radius 3 is 2.94 bits per heavy atom. The molecule has 18 heavy (non-hydrogen) atoms. The summed E-state index contributed by atoms with van der Waals surface area (Å²) in [7, 11) is 2.08. The smallest absolute Gasteiger partial charge is 0.127 e. The standard InChI is InChI=1S/C16H23NO/c1-17-15(11-12-5-2-3-6-12)14-8-4-7-13-9-10-18-16(13)14/h4,7-8,12,15,17H,2-3,5-6,9-11H2,1H3. The van der Waals surface area contributed by atoms with Crippen LogP contribution in [0.3, 0.4) is 0 Å². The molecule has 3 rings (SSSR count). The molecule has 1 atom stereocenters. The molecule has 0 saturated heterocycles. The highest BCUT2D eigenvalue weighted by Gasteiger charge is 2.25. The van der Waals surface area contributed by atoms with Crippen LogP contribution in [0.15, 0.2) is 18.2 Å². The van der Waals surface area contributed by atoms with Crippen LogP contribution in [0.5, 0.6) is 5.75 Å². The minimum Gasteiger partial charge on any atom is -0.493 e. The molecule has 1 saturated carbocycles. The largest absolute Gasteiger partial charge is 0.493 e. The van der Waals surface area contributed by atoms with Crippen molar-refractivity contribution >= 4 is 0 Å². The number of fused-ring (bicyclic) bond motifs is 1. The molecule has 1 N–H and O–H groups in total. The van der Waals surface area contributed by atoms with Crippen molar-refractivity contribution in [3.63, 3.8) is 0 Å². The summed E-state index contributed by atoms with van der Waals surface area (Å²) in [6, 6.07) is 7.08. The molecule has 1 unspecified atom stereocenters. The predicted molar refractivity (Wildman–Crippen MR) is 74.0 cm³/mol. The third-order valence-corrected chi connectivity index (χ3v) is 4.51. The van der Waals surface area contributed by atoms with Gasteiger partial charge in [-0.25, -0.2) is 0 Å². The minimum atomic E-state index is 0.459. The van der Waals surface area contributed by atoms with Gasteiger partial charge in [0.25, 0.3) is 0 Å². The molecular weight excluding hydrogens is 222 g/mol. The lowest BCUT2D eigenvalue weighted by Gasteiger charge is -2.22. The second-order valence-corrected chi connectivity index (χ2v) is 5.66. The first kappa shape index (κ1) is 12.0. The lowest BCUT2D eigenvalue weighted by Crippen LogP contribution is -2.19. The Morgan fingerprint density at radius 2 is 2.17 bits per heavy atom. The lowest BCUT2D eigenvalue weighted by molar-refractivity contribution is 0.341. The van der Waals surface area contributed by atoms with E-state index in [0.29, 0.717) is 6.04 Å². The number of ether oxygens (including phenoxy) is 1. The van der Waals surface area contributed by atoms with Crippen molar-refractivity contribution in [2.45, 2.75) is 44.6 Å². The summed E-state index contributed by atoms with van der Waals surface area (Å²) in [5.74, 6) is 2.06. The number of para-hydroxylation sites is 1. The van der Waals surface area contributed by atoms with Gasteiger partial charge in [0.2, 0.25) is 0 Å². The first-order valence-corrected chi connectivity index (χ1v) is 7.30. The van der Waals surface area contributed by atoms with Crippen molar-refractivity contribution in [2.24, 2.45) is 5.92 Å². The van der Waals surface area contributed by atoms with Crippen LogP contribution in [0, 0.1) is 5.92 Å². The Balaban J connectivity index is 1.80. The van der Waals surface area contributed by atoms with Gasteiger partial charge in [0.05, 0.1) is 6.61 Å². The SMILES string of the molecule is CNC(CC1CCCC1)c1cccc2c1OCC2. The van der Waals surface area contributed by atoms with E-state index in [9.17, 15) is 0 Å². The highest BCUT2D eigenvalue weighted by atomic mass is 16.5. The highest BCUT2D eigenvalue weighted by Crippen LogP contribution is 2.38. The molecule has 2 nitrogen and oxygen atoms in total. The van der Waals surface area contributed by atoms with E-state index in [4.69, 9.17) is 4.74 Å². The Bertz CT molecular complexity index is 410. The fraction of sp³-hybridized carbons (Fsp3) is 0.625. The van der Waals surface area contributed by atoms with Crippen LogP contribution in [-0.2, 0) is 6.42 Å². The maximum absolute atomic E-state index is 5.84. The molecule has 1 heterocycles. The van der Waals surface area contributed by atoms with E-state index in [1.54, 1.807) is 0 Å². The van der Waals surface area contributed by atoms with Gasteiger partial charge in [0.1, 0.15) is 5.75 Å². The van der Waals surface area contributed by atoms with Crippen molar-refractivity contribution in [2.75, 3.05) is 13.7 Å². The first-order valence-electron chi connectivity index (χ1n) is 7.30. The Morgan fingerprint density at radius 1 is 1.33 bits per heavy atom. The van der Waals surface area contributed by atoms with Crippen LogP contribution in [0.2, 0.25) is 0 Å². The second kappa shape index (κ2) is 5.31. The third-order valence-electron chi connectivity index (χ3n) is 4.51. The molecule has 1 fully saturated rings. The number of hydrogen-bond acceptors (Lipinski definition) is 2. The molecule has 0 amide bonds. The van der Waals surface area contributed by atoms with E-state index < -0.39 is 0 Å². The summed E-state index contributed by atoms with van der Waals surface area (Å²) in [6.07, 6.45) is 8.00. The molecule has 2 aliphatic rings. The van der Waals surface area contributed by atoms with Crippen LogP contribution in [0.1, 0.15) is 49.3 Å². The van der Waals surface area contributed by atoms with Crippen LogP contribution < -0.4 is 10.1 Å². The van der Waals surface area contributed by atoms with Gasteiger partial charge in [0, 0.05) is 18.0 Å². The molecule has 1 aliphatic carbocycles. The molecule has 98 valence electrons. The summed E-state index contributed by atoms with van der Waals surface area (Å²) in [4.78, 5) is 0. The summed E-state index contributed by atoms with van der Waals surface area (Å²) < 4.78 is 5.84. The molecular formula is C16H23NO. The minimum absolute atomic E-state index is 0.459. The molecule has 1 aromatic rings. The van der Waals surface area contributed by atoms with E-state index >= 15 is 0 Å². The van der Waals surface area contributed by atoms with Gasteiger partial charge in [-0.1, -0.05) is 43.9 Å². The maximum Gasteiger partial charge on any atom is 0.127 e. The molecule has 0 radical (unpaired) electrons. The zero-order chi connectivity index (χ0) is 12.4. The molecule has 1 aliphatic heterocycles. The highest BCUT2D eigenvalue weighted by molar-refractivity contribution is 5.45. The zero-order valence-electron chi connectivity index (χ0n) is 11.2. The zero-order valence-corrected chi connectivity index (χ0v) is 11.2. The van der Waals surface area contributed by atoms with Gasteiger partial charge in [-0.3, -0.25) is 0 Å². The van der Waals surface area contributed by atoms with Gasteiger partial charge in [-0.15, -0.1) is 0 Å². The fourth-order valence-corrected chi connectivity index (χ4v) is 3.49. The average molecular weight is 245 g/mol. The van der Waals surface area contributed by atoms with Crippen LogP contribution in [0.4, 0.5) is 0 Å². The molecule has 2 heteroatoms. The van der Waals surface area contributed by atoms with Crippen molar-refractivity contribution in [3.05, 3.63) is 29.3 Å². The van der Waals surface area contributed by atoms with E-state index in [-0.39, 0.29) is 0 Å². The summed E-state index contributed by atoms with van der Waals surface area (Å²) in [6.45, 7) is 0.853. The Labute approximate surface area is 110 Å².